The molecule has 0 spiro atoms. The van der Waals surface area contributed by atoms with E-state index in [1.54, 1.807) is 11.3 Å². The third-order valence-electron chi connectivity index (χ3n) is 1.74. The van der Waals surface area contributed by atoms with Gasteiger partial charge in [0.05, 0.1) is 0 Å². The van der Waals surface area contributed by atoms with Gasteiger partial charge in [-0.1, -0.05) is 24.6 Å². The molecular weight excluding hydrogens is 282 g/mol. The average molecular weight is 295 g/mol. The molecule has 1 rings (SSSR count). The molecule has 4 heteroatoms. The minimum Gasteiger partial charge on any atom is -0.311 e. The predicted molar refractivity (Wildman–Crippen MR) is 69.2 cm³/mol. The van der Waals surface area contributed by atoms with Gasteiger partial charge in [-0.2, -0.15) is 0 Å². The summed E-state index contributed by atoms with van der Waals surface area (Å²) in [5, 5.41) is 3.31. The summed E-state index contributed by atoms with van der Waals surface area (Å²) in [4.78, 5) is 1.17. The summed E-state index contributed by atoms with van der Waals surface area (Å²) in [6, 6.07) is 2.43. The van der Waals surface area contributed by atoms with Crippen molar-refractivity contribution in [2.45, 2.75) is 19.9 Å². The molecule has 0 fully saturated rings. The number of nitrogens with one attached hydrogen (secondary N) is 1. The summed E-state index contributed by atoms with van der Waals surface area (Å²) in [6.45, 7) is 5.22. The van der Waals surface area contributed by atoms with Crippen molar-refractivity contribution in [3.8, 4) is 0 Å². The van der Waals surface area contributed by atoms with Crippen molar-refractivity contribution in [3.05, 3.63) is 25.8 Å². The Bertz CT molecular complexity index is 302. The van der Waals surface area contributed by atoms with Crippen LogP contribution in [-0.4, -0.2) is 12.6 Å². The highest BCUT2D eigenvalue weighted by atomic mass is 79.9. The minimum absolute atomic E-state index is 0.402. The minimum atomic E-state index is 0.402. The van der Waals surface area contributed by atoms with Crippen LogP contribution >= 0.6 is 38.9 Å². The quantitative estimate of drug-likeness (QED) is 0.878. The molecule has 0 aliphatic heterocycles. The first kappa shape index (κ1) is 12.2. The highest BCUT2D eigenvalue weighted by molar-refractivity contribution is 9.10. The summed E-state index contributed by atoms with van der Waals surface area (Å²) in [6.07, 6.45) is 4.23. The maximum Gasteiger partial charge on any atom is 0.108 e. The molecule has 1 aromatic rings. The van der Waals surface area contributed by atoms with Gasteiger partial charge in [0.2, 0.25) is 0 Å². The second-order valence-corrected chi connectivity index (χ2v) is 5.52. The zero-order chi connectivity index (χ0) is 10.6. The Morgan fingerprint density at radius 3 is 2.93 bits per heavy atom. The van der Waals surface area contributed by atoms with Crippen LogP contribution in [0.2, 0.25) is 4.34 Å². The lowest BCUT2D eigenvalue weighted by Crippen LogP contribution is -2.22. The number of thiophene rings is 1. The second kappa shape index (κ2) is 5.91. The van der Waals surface area contributed by atoms with Gasteiger partial charge in [-0.05, 0) is 41.5 Å². The van der Waals surface area contributed by atoms with Crippen LogP contribution in [-0.2, 0) is 0 Å². The van der Waals surface area contributed by atoms with E-state index in [-0.39, 0.29) is 0 Å². The number of hydrogen-bond donors (Lipinski definition) is 1. The lowest BCUT2D eigenvalue weighted by Gasteiger charge is -2.04. The number of rotatable bonds is 4. The van der Waals surface area contributed by atoms with Crippen molar-refractivity contribution in [1.29, 1.82) is 0 Å². The zero-order valence-electron chi connectivity index (χ0n) is 8.18. The molecule has 0 amide bonds. The fourth-order valence-electron chi connectivity index (χ4n) is 1.07. The molecule has 1 unspecified atom stereocenters. The molecule has 0 saturated heterocycles. The highest BCUT2D eigenvalue weighted by Gasteiger charge is 2.01. The van der Waals surface area contributed by atoms with Crippen molar-refractivity contribution < 1.29 is 0 Å². The molecule has 78 valence electrons. The fourth-order valence-corrected chi connectivity index (χ4v) is 2.72. The molecule has 0 saturated carbocycles. The molecule has 1 nitrogen and oxygen atoms in total. The number of likely N-dealkylation sites (N-methyl/N-ethyl adjacent to an activating group) is 1. The number of halogens is 2. The van der Waals surface area contributed by atoms with Crippen LogP contribution in [0.1, 0.15) is 18.7 Å². The molecule has 0 aliphatic carbocycles. The SMILES string of the molecule is CCNC(C)/C=C/c1cc(Br)c(Cl)s1. The second-order valence-electron chi connectivity index (χ2n) is 2.98. The Morgan fingerprint density at radius 2 is 2.43 bits per heavy atom. The Hall–Kier alpha value is 0.170. The molecule has 1 heterocycles. The summed E-state index contributed by atoms with van der Waals surface area (Å²) < 4.78 is 1.78. The Morgan fingerprint density at radius 1 is 1.71 bits per heavy atom. The molecule has 1 aromatic heterocycles. The van der Waals surface area contributed by atoms with Crippen molar-refractivity contribution in [2.24, 2.45) is 0 Å². The maximum atomic E-state index is 5.93. The summed E-state index contributed by atoms with van der Waals surface area (Å²) in [7, 11) is 0. The first-order chi connectivity index (χ1) is 6.63. The van der Waals surface area contributed by atoms with Gasteiger partial charge in [0.25, 0.3) is 0 Å². The van der Waals surface area contributed by atoms with Crippen LogP contribution in [0.5, 0.6) is 0 Å². The highest BCUT2D eigenvalue weighted by Crippen LogP contribution is 2.32. The third-order valence-corrected chi connectivity index (χ3v) is 4.18. The summed E-state index contributed by atoms with van der Waals surface area (Å²) in [5.74, 6) is 0. The molecule has 0 bridgehead atoms. The fraction of sp³-hybridized carbons (Fsp3) is 0.400. The third kappa shape index (κ3) is 3.73. The molecule has 0 aliphatic rings. The van der Waals surface area contributed by atoms with Crippen molar-refractivity contribution in [2.75, 3.05) is 6.54 Å². The van der Waals surface area contributed by atoms with Crippen LogP contribution in [0.25, 0.3) is 6.08 Å². The van der Waals surface area contributed by atoms with Gasteiger partial charge in [-0.3, -0.25) is 0 Å². The van der Waals surface area contributed by atoms with E-state index in [9.17, 15) is 0 Å². The van der Waals surface area contributed by atoms with Gasteiger partial charge in [0.15, 0.2) is 0 Å². The van der Waals surface area contributed by atoms with E-state index in [0.717, 1.165) is 15.4 Å². The lowest BCUT2D eigenvalue weighted by atomic mass is 10.3. The Balaban J connectivity index is 2.59. The van der Waals surface area contributed by atoms with Gasteiger partial charge in [0.1, 0.15) is 4.34 Å². The smallest absolute Gasteiger partial charge is 0.108 e. The largest absolute Gasteiger partial charge is 0.311 e. The van der Waals surface area contributed by atoms with Crippen LogP contribution in [0.15, 0.2) is 16.6 Å². The van der Waals surface area contributed by atoms with Crippen LogP contribution in [0, 0.1) is 0 Å². The van der Waals surface area contributed by atoms with Gasteiger partial charge >= 0.3 is 0 Å². The molecule has 0 aromatic carbocycles. The van der Waals surface area contributed by atoms with E-state index >= 15 is 0 Å². The van der Waals surface area contributed by atoms with Crippen molar-refractivity contribution in [3.63, 3.8) is 0 Å². The van der Waals surface area contributed by atoms with E-state index in [1.807, 2.05) is 6.07 Å². The van der Waals surface area contributed by atoms with Crippen molar-refractivity contribution >= 4 is 44.9 Å². The molecule has 1 N–H and O–H groups in total. The van der Waals surface area contributed by atoms with Gasteiger partial charge in [0, 0.05) is 15.4 Å². The maximum absolute atomic E-state index is 5.93. The molecule has 0 radical (unpaired) electrons. The van der Waals surface area contributed by atoms with E-state index in [1.165, 1.54) is 4.88 Å². The van der Waals surface area contributed by atoms with Gasteiger partial charge in [-0.15, -0.1) is 11.3 Å². The molecular formula is C10H13BrClNS. The monoisotopic (exact) mass is 293 g/mol. The lowest BCUT2D eigenvalue weighted by molar-refractivity contribution is 0.663. The van der Waals surface area contributed by atoms with E-state index in [4.69, 9.17) is 11.6 Å². The first-order valence-electron chi connectivity index (χ1n) is 4.50. The zero-order valence-corrected chi connectivity index (χ0v) is 11.3. The Kier molecular flexibility index (Phi) is 5.17. The number of hydrogen-bond acceptors (Lipinski definition) is 2. The summed E-state index contributed by atoms with van der Waals surface area (Å²) in [5.41, 5.74) is 0. The molecule has 14 heavy (non-hydrogen) atoms. The standard InChI is InChI=1S/C10H13BrClNS/c1-3-13-7(2)4-5-8-6-9(11)10(12)14-8/h4-7,13H,3H2,1-2H3/b5-4+. The van der Waals surface area contributed by atoms with Crippen molar-refractivity contribution in [1.82, 2.24) is 5.32 Å². The average Bonchev–Trinajstić information content (AvgIpc) is 2.44. The topological polar surface area (TPSA) is 12.0 Å². The summed E-state index contributed by atoms with van der Waals surface area (Å²) >= 11 is 10.9. The van der Waals surface area contributed by atoms with E-state index < -0.39 is 0 Å². The van der Waals surface area contributed by atoms with Gasteiger partial charge in [-0.25, -0.2) is 0 Å². The first-order valence-corrected chi connectivity index (χ1v) is 6.48. The van der Waals surface area contributed by atoms with Crippen LogP contribution in [0.3, 0.4) is 0 Å². The van der Waals surface area contributed by atoms with Crippen LogP contribution in [0.4, 0.5) is 0 Å². The van der Waals surface area contributed by atoms with Crippen LogP contribution < -0.4 is 5.32 Å². The van der Waals surface area contributed by atoms with E-state index in [2.05, 4.69) is 47.2 Å². The molecule has 1 atom stereocenters. The van der Waals surface area contributed by atoms with Gasteiger partial charge < -0.3 is 5.32 Å². The van der Waals surface area contributed by atoms with E-state index in [0.29, 0.717) is 6.04 Å². The Labute approximate surface area is 102 Å². The normalized spacial score (nSPS) is 13.7. The predicted octanol–water partition coefficient (Wildman–Crippen LogP) is 4.18.